The number of rotatable bonds is 6. The van der Waals surface area contributed by atoms with E-state index < -0.39 is 0 Å². The third-order valence-electron chi connectivity index (χ3n) is 6.39. The van der Waals surface area contributed by atoms with E-state index in [-0.39, 0.29) is 11.8 Å². The zero-order valence-corrected chi connectivity index (χ0v) is 20.6. The quantitative estimate of drug-likeness (QED) is 0.363. The number of aryl methyl sites for hydroxylation is 1. The van der Waals surface area contributed by atoms with Crippen LogP contribution in [0, 0.1) is 0 Å². The smallest absolute Gasteiger partial charge is 0.234 e. The highest BCUT2D eigenvalue weighted by Gasteiger charge is 2.31. The van der Waals surface area contributed by atoms with Crippen LogP contribution >= 0.6 is 15.9 Å². The van der Waals surface area contributed by atoms with Crippen LogP contribution in [0.15, 0.2) is 71.2 Å². The van der Waals surface area contributed by atoms with Crippen LogP contribution < -0.4 is 9.64 Å². The van der Waals surface area contributed by atoms with Gasteiger partial charge in [0, 0.05) is 10.2 Å². The molecule has 3 aromatic rings. The van der Waals surface area contributed by atoms with Gasteiger partial charge in [0.05, 0.1) is 19.6 Å². The third kappa shape index (κ3) is 4.75. The molecule has 0 fully saturated rings. The molecule has 3 aromatic carbocycles. The van der Waals surface area contributed by atoms with E-state index in [9.17, 15) is 4.79 Å². The van der Waals surface area contributed by atoms with Crippen molar-refractivity contribution in [2.75, 3.05) is 12.0 Å². The first kappa shape index (κ1) is 22.6. The summed E-state index contributed by atoms with van der Waals surface area (Å²) in [5.41, 5.74) is 5.67. The molecule has 0 aliphatic heterocycles. The predicted octanol–water partition coefficient (Wildman–Crippen LogP) is 7.23. The number of nitrogens with zero attached hydrogens (tertiary/aromatic N) is 1. The van der Waals surface area contributed by atoms with Gasteiger partial charge in [0.15, 0.2) is 0 Å². The number of hydrogen-bond donors (Lipinski definition) is 0. The second-order valence-corrected chi connectivity index (χ2v) is 9.63. The van der Waals surface area contributed by atoms with Gasteiger partial charge in [-0.2, -0.15) is 0 Å². The van der Waals surface area contributed by atoms with E-state index >= 15 is 0 Å². The molecule has 0 aromatic heterocycles. The maximum absolute atomic E-state index is 14.1. The molecule has 0 saturated heterocycles. The van der Waals surface area contributed by atoms with Gasteiger partial charge in [0.25, 0.3) is 0 Å². The first-order valence-electron chi connectivity index (χ1n) is 11.3. The molecule has 166 valence electrons. The van der Waals surface area contributed by atoms with Crippen molar-refractivity contribution in [3.8, 4) is 5.75 Å². The summed E-state index contributed by atoms with van der Waals surface area (Å²) >= 11 is 3.66. The van der Waals surface area contributed by atoms with Gasteiger partial charge in [0.2, 0.25) is 5.91 Å². The fourth-order valence-corrected chi connectivity index (χ4v) is 4.89. The summed E-state index contributed by atoms with van der Waals surface area (Å²) in [6, 6.07) is 22.7. The van der Waals surface area contributed by atoms with Gasteiger partial charge in [-0.25, -0.2) is 0 Å². The Labute approximate surface area is 199 Å². The number of methoxy groups -OCH3 is 1. The largest absolute Gasteiger partial charge is 0.497 e. The summed E-state index contributed by atoms with van der Waals surface area (Å²) in [6.07, 6.45) is 2.89. The molecular formula is C28H30BrNO2. The van der Waals surface area contributed by atoms with Crippen molar-refractivity contribution in [2.45, 2.75) is 51.5 Å². The lowest BCUT2D eigenvalue weighted by Gasteiger charge is -2.32. The van der Waals surface area contributed by atoms with E-state index in [4.69, 9.17) is 4.74 Å². The molecule has 1 aliphatic rings. The van der Waals surface area contributed by atoms with Gasteiger partial charge >= 0.3 is 0 Å². The van der Waals surface area contributed by atoms with Crippen molar-refractivity contribution in [2.24, 2.45) is 0 Å². The van der Waals surface area contributed by atoms with Crippen LogP contribution in [0.4, 0.5) is 5.69 Å². The number of carbonyl (C=O) groups is 1. The van der Waals surface area contributed by atoms with Crippen LogP contribution in [0.1, 0.15) is 60.8 Å². The Kier molecular flexibility index (Phi) is 7.00. The minimum absolute atomic E-state index is 0.146. The molecule has 0 bridgehead atoms. The minimum Gasteiger partial charge on any atom is -0.497 e. The summed E-state index contributed by atoms with van der Waals surface area (Å²) in [6.45, 7) is 4.90. The van der Waals surface area contributed by atoms with Gasteiger partial charge in [-0.05, 0) is 77.8 Å². The first-order chi connectivity index (χ1) is 15.5. The van der Waals surface area contributed by atoms with Crippen molar-refractivity contribution < 1.29 is 9.53 Å². The summed E-state index contributed by atoms with van der Waals surface area (Å²) in [4.78, 5) is 16.0. The summed E-state index contributed by atoms with van der Waals surface area (Å²) in [7, 11) is 1.68. The van der Waals surface area contributed by atoms with E-state index in [0.29, 0.717) is 12.5 Å². The van der Waals surface area contributed by atoms with Crippen LogP contribution in [-0.4, -0.2) is 13.0 Å². The Bertz CT molecular complexity index is 1090. The van der Waals surface area contributed by atoms with Crippen molar-refractivity contribution >= 4 is 27.5 Å². The molecule has 0 radical (unpaired) electrons. The number of fused-ring (bicyclic) bond motifs is 1. The number of halogens is 1. The lowest BCUT2D eigenvalue weighted by atomic mass is 9.81. The Morgan fingerprint density at radius 3 is 2.53 bits per heavy atom. The maximum Gasteiger partial charge on any atom is 0.234 e. The topological polar surface area (TPSA) is 29.5 Å². The normalized spacial score (nSPS) is 15.3. The molecule has 1 unspecified atom stereocenters. The van der Waals surface area contributed by atoms with Crippen molar-refractivity contribution in [3.63, 3.8) is 0 Å². The Morgan fingerprint density at radius 1 is 1.09 bits per heavy atom. The second kappa shape index (κ2) is 9.91. The van der Waals surface area contributed by atoms with Crippen LogP contribution in [0.5, 0.6) is 5.75 Å². The van der Waals surface area contributed by atoms with Crippen LogP contribution in [0.2, 0.25) is 0 Å². The molecular weight excluding hydrogens is 462 g/mol. The fraction of sp³-hybridized carbons (Fsp3) is 0.321. The van der Waals surface area contributed by atoms with E-state index in [2.05, 4.69) is 72.2 Å². The Hall–Kier alpha value is -2.59. The van der Waals surface area contributed by atoms with E-state index in [0.717, 1.165) is 46.3 Å². The zero-order chi connectivity index (χ0) is 22.7. The molecule has 0 N–H and O–H groups in total. The third-order valence-corrected chi connectivity index (χ3v) is 7.16. The summed E-state index contributed by atoms with van der Waals surface area (Å²) in [5.74, 6) is 1.24. The van der Waals surface area contributed by atoms with Crippen LogP contribution in [0.3, 0.4) is 0 Å². The number of benzene rings is 3. The summed E-state index contributed by atoms with van der Waals surface area (Å²) < 4.78 is 6.49. The van der Waals surface area contributed by atoms with Gasteiger partial charge < -0.3 is 9.64 Å². The number of hydrogen-bond acceptors (Lipinski definition) is 2. The SMILES string of the molecule is COc1ccc2c(c1)C(C(=O)N(Cc1ccccc1Br)c1ccc(C(C)C)cc1)CCC2. The Balaban J connectivity index is 1.73. The van der Waals surface area contributed by atoms with Crippen LogP contribution in [0.25, 0.3) is 0 Å². The van der Waals surface area contributed by atoms with Crippen molar-refractivity contribution in [3.05, 3.63) is 93.5 Å². The van der Waals surface area contributed by atoms with E-state index in [1.807, 2.05) is 29.2 Å². The highest BCUT2D eigenvalue weighted by molar-refractivity contribution is 9.10. The zero-order valence-electron chi connectivity index (χ0n) is 19.0. The average Bonchev–Trinajstić information content (AvgIpc) is 2.82. The number of anilines is 1. The number of amides is 1. The fourth-order valence-electron chi connectivity index (χ4n) is 4.48. The molecule has 1 amide bonds. The molecule has 0 spiro atoms. The monoisotopic (exact) mass is 491 g/mol. The molecule has 32 heavy (non-hydrogen) atoms. The second-order valence-electron chi connectivity index (χ2n) is 8.77. The standard InChI is InChI=1S/C28H30BrNO2/c1-19(2)20-11-14-23(15-12-20)30(18-22-7-4-5-10-27(22)29)28(31)25-9-6-8-21-13-16-24(32-3)17-26(21)25/h4-5,7,10-17,19,25H,6,8-9,18H2,1-3H3. The number of carbonyl (C=O) groups excluding carboxylic acids is 1. The van der Waals surface area contributed by atoms with Gasteiger partial charge in [-0.3, -0.25) is 4.79 Å². The van der Waals surface area contributed by atoms with Crippen LogP contribution in [-0.2, 0) is 17.8 Å². The average molecular weight is 492 g/mol. The van der Waals surface area contributed by atoms with Crippen molar-refractivity contribution in [1.29, 1.82) is 0 Å². The van der Waals surface area contributed by atoms with Gasteiger partial charge in [-0.15, -0.1) is 0 Å². The first-order valence-corrected chi connectivity index (χ1v) is 12.1. The minimum atomic E-state index is -0.166. The highest BCUT2D eigenvalue weighted by atomic mass is 79.9. The molecule has 1 atom stereocenters. The van der Waals surface area contributed by atoms with Gasteiger partial charge in [0.1, 0.15) is 5.75 Å². The lowest BCUT2D eigenvalue weighted by molar-refractivity contribution is -0.120. The molecule has 4 heteroatoms. The molecule has 0 saturated carbocycles. The molecule has 0 heterocycles. The maximum atomic E-state index is 14.1. The lowest BCUT2D eigenvalue weighted by Crippen LogP contribution is -2.36. The summed E-state index contributed by atoms with van der Waals surface area (Å²) in [5, 5.41) is 0. The molecule has 3 nitrogen and oxygen atoms in total. The molecule has 4 rings (SSSR count). The van der Waals surface area contributed by atoms with E-state index in [1.54, 1.807) is 7.11 Å². The van der Waals surface area contributed by atoms with E-state index in [1.165, 1.54) is 11.1 Å². The highest BCUT2D eigenvalue weighted by Crippen LogP contribution is 2.37. The van der Waals surface area contributed by atoms with Crippen molar-refractivity contribution in [1.82, 2.24) is 0 Å². The van der Waals surface area contributed by atoms with Gasteiger partial charge in [-0.1, -0.05) is 66.2 Å². The number of ether oxygens (including phenoxy) is 1. The predicted molar refractivity (Wildman–Crippen MR) is 135 cm³/mol. The Morgan fingerprint density at radius 2 is 1.84 bits per heavy atom. The molecule has 1 aliphatic carbocycles.